The van der Waals surface area contributed by atoms with E-state index < -0.39 is 0 Å². The van der Waals surface area contributed by atoms with E-state index in [0.717, 1.165) is 60.4 Å². The molecule has 0 fully saturated rings. The Morgan fingerprint density at radius 3 is 1.79 bits per heavy atom. The summed E-state index contributed by atoms with van der Waals surface area (Å²) in [4.78, 5) is 25.1. The number of hydrogen-bond acceptors (Lipinski definition) is 6. The number of thiophene rings is 1. The fourth-order valence-electron chi connectivity index (χ4n) is 7.89. The van der Waals surface area contributed by atoms with Crippen LogP contribution in [0.5, 0.6) is 0 Å². The van der Waals surface area contributed by atoms with Gasteiger partial charge < -0.3 is 0 Å². The molecule has 0 aliphatic heterocycles. The highest BCUT2D eigenvalue weighted by Gasteiger charge is 2.19. The summed E-state index contributed by atoms with van der Waals surface area (Å²) in [5.41, 5.74) is 10.0. The standard InChI is InChI=1S/C51H31N5S/c1-2-13-32(14-3-1)49-54-50(35-17-12-16-34(27-35)45-22-10-11-25-52-45)56-51(55-49)38-29-36(40-24-26-53-47-43-21-8-9-23-46(43)57-48(40)47)28-37(30-38)44-31-33-15-4-5-18-39(33)41-19-6-7-20-42(41)44/h1-31H. The first kappa shape index (κ1) is 33.0. The van der Waals surface area contributed by atoms with Crippen molar-refractivity contribution in [2.75, 3.05) is 0 Å². The number of pyridine rings is 2. The summed E-state index contributed by atoms with van der Waals surface area (Å²) in [5, 5.41) is 6.00. The molecule has 0 radical (unpaired) electrons. The average molecular weight is 746 g/mol. The molecule has 5 nitrogen and oxygen atoms in total. The van der Waals surface area contributed by atoms with Crippen LogP contribution in [-0.2, 0) is 0 Å². The number of aromatic nitrogens is 5. The predicted octanol–water partition coefficient (Wildman–Crippen LogP) is 13.3. The first-order valence-corrected chi connectivity index (χ1v) is 19.7. The fraction of sp³-hybridized carbons (Fsp3) is 0. The summed E-state index contributed by atoms with van der Waals surface area (Å²) in [6.07, 6.45) is 3.74. The third kappa shape index (κ3) is 5.91. The van der Waals surface area contributed by atoms with E-state index in [1.807, 2.05) is 67.0 Å². The Morgan fingerprint density at radius 1 is 0.351 bits per heavy atom. The normalized spacial score (nSPS) is 11.5. The minimum absolute atomic E-state index is 0.593. The molecule has 4 heterocycles. The second kappa shape index (κ2) is 13.7. The summed E-state index contributed by atoms with van der Waals surface area (Å²) in [7, 11) is 0. The van der Waals surface area contributed by atoms with Gasteiger partial charge in [0.25, 0.3) is 0 Å². The average Bonchev–Trinajstić information content (AvgIpc) is 3.68. The van der Waals surface area contributed by atoms with E-state index in [1.54, 1.807) is 11.3 Å². The summed E-state index contributed by atoms with van der Waals surface area (Å²) in [6, 6.07) is 61.4. The molecule has 0 aliphatic rings. The van der Waals surface area contributed by atoms with E-state index in [2.05, 4.69) is 126 Å². The maximum absolute atomic E-state index is 5.26. The lowest BCUT2D eigenvalue weighted by Gasteiger charge is -2.15. The molecule has 0 atom stereocenters. The van der Waals surface area contributed by atoms with Gasteiger partial charge in [-0.3, -0.25) is 9.97 Å². The molecule has 0 amide bonds. The van der Waals surface area contributed by atoms with Gasteiger partial charge in [-0.15, -0.1) is 11.3 Å². The molecule has 4 aromatic heterocycles. The third-order valence-corrected chi connectivity index (χ3v) is 11.8. The van der Waals surface area contributed by atoms with E-state index in [1.165, 1.54) is 31.6 Å². The van der Waals surface area contributed by atoms with Crippen LogP contribution in [0.25, 0.3) is 110 Å². The largest absolute Gasteiger partial charge is 0.256 e. The Kier molecular flexibility index (Phi) is 7.93. The minimum Gasteiger partial charge on any atom is -0.256 e. The maximum Gasteiger partial charge on any atom is 0.164 e. The number of hydrogen-bond donors (Lipinski definition) is 0. The van der Waals surface area contributed by atoms with Crippen molar-refractivity contribution in [3.63, 3.8) is 0 Å². The molecule has 0 aliphatic carbocycles. The SMILES string of the molecule is c1ccc(-c2nc(-c3cccc(-c4ccccn4)c3)nc(-c3cc(-c4cc5ccccc5c5ccccc45)cc(-c4ccnc5c4sc4ccccc45)c3)n2)cc1. The van der Waals surface area contributed by atoms with Gasteiger partial charge in [0.05, 0.1) is 15.9 Å². The molecule has 0 bridgehead atoms. The highest BCUT2D eigenvalue weighted by atomic mass is 32.1. The number of nitrogens with zero attached hydrogens (tertiary/aromatic N) is 5. The van der Waals surface area contributed by atoms with Gasteiger partial charge in [0.15, 0.2) is 17.5 Å². The second-order valence-electron chi connectivity index (χ2n) is 14.1. The van der Waals surface area contributed by atoms with Crippen LogP contribution in [-0.4, -0.2) is 24.9 Å². The first-order valence-electron chi connectivity index (χ1n) is 18.9. The zero-order chi connectivity index (χ0) is 37.7. The maximum atomic E-state index is 5.26. The molecule has 0 N–H and O–H groups in total. The first-order chi connectivity index (χ1) is 28.2. The smallest absolute Gasteiger partial charge is 0.164 e. The Hall–Kier alpha value is -7.41. The van der Waals surface area contributed by atoms with Crippen LogP contribution in [0.3, 0.4) is 0 Å². The summed E-state index contributed by atoms with van der Waals surface area (Å²) < 4.78 is 2.37. The summed E-state index contributed by atoms with van der Waals surface area (Å²) >= 11 is 1.78. The lowest BCUT2D eigenvalue weighted by Crippen LogP contribution is -2.01. The lowest BCUT2D eigenvalue weighted by molar-refractivity contribution is 1.07. The topological polar surface area (TPSA) is 64.5 Å². The van der Waals surface area contributed by atoms with Gasteiger partial charge in [-0.05, 0) is 92.8 Å². The quantitative estimate of drug-likeness (QED) is 0.159. The van der Waals surface area contributed by atoms with Crippen LogP contribution >= 0.6 is 11.3 Å². The van der Waals surface area contributed by atoms with Crippen LogP contribution in [0.15, 0.2) is 188 Å². The van der Waals surface area contributed by atoms with Crippen LogP contribution in [0.2, 0.25) is 0 Å². The molecule has 11 rings (SSSR count). The van der Waals surface area contributed by atoms with Gasteiger partial charge in [0, 0.05) is 50.3 Å². The van der Waals surface area contributed by atoms with Crippen molar-refractivity contribution in [1.82, 2.24) is 24.9 Å². The van der Waals surface area contributed by atoms with E-state index in [-0.39, 0.29) is 0 Å². The molecule has 0 unspecified atom stereocenters. The van der Waals surface area contributed by atoms with Crippen LogP contribution in [0, 0.1) is 0 Å². The molecule has 11 aromatic rings. The van der Waals surface area contributed by atoms with E-state index in [4.69, 9.17) is 19.9 Å². The lowest BCUT2D eigenvalue weighted by atomic mass is 9.90. The highest BCUT2D eigenvalue weighted by molar-refractivity contribution is 7.26. The minimum atomic E-state index is 0.593. The summed E-state index contributed by atoms with van der Waals surface area (Å²) in [6.45, 7) is 0. The van der Waals surface area contributed by atoms with Gasteiger partial charge in [-0.1, -0.05) is 121 Å². The predicted molar refractivity (Wildman–Crippen MR) is 236 cm³/mol. The molecule has 0 saturated carbocycles. The van der Waals surface area contributed by atoms with Crippen molar-refractivity contribution in [3.05, 3.63) is 188 Å². The monoisotopic (exact) mass is 745 g/mol. The Balaban J connectivity index is 1.18. The molecular weight excluding hydrogens is 715 g/mol. The van der Waals surface area contributed by atoms with E-state index >= 15 is 0 Å². The van der Waals surface area contributed by atoms with Crippen molar-refractivity contribution < 1.29 is 0 Å². The fourth-order valence-corrected chi connectivity index (χ4v) is 9.09. The zero-order valence-electron chi connectivity index (χ0n) is 30.5. The molecule has 7 aromatic carbocycles. The number of fused-ring (bicyclic) bond motifs is 6. The van der Waals surface area contributed by atoms with E-state index in [0.29, 0.717) is 17.5 Å². The third-order valence-electron chi connectivity index (χ3n) is 10.6. The van der Waals surface area contributed by atoms with Crippen LogP contribution in [0.4, 0.5) is 0 Å². The van der Waals surface area contributed by atoms with Crippen molar-refractivity contribution in [2.45, 2.75) is 0 Å². The molecular formula is C51H31N5S. The molecule has 266 valence electrons. The van der Waals surface area contributed by atoms with Crippen molar-refractivity contribution in [2.24, 2.45) is 0 Å². The number of benzene rings is 7. The van der Waals surface area contributed by atoms with Crippen LogP contribution in [0.1, 0.15) is 0 Å². The second-order valence-corrected chi connectivity index (χ2v) is 15.1. The van der Waals surface area contributed by atoms with Gasteiger partial charge in [-0.25, -0.2) is 15.0 Å². The molecule has 0 spiro atoms. The molecule has 0 saturated heterocycles. The molecule has 6 heteroatoms. The Labute approximate surface area is 332 Å². The van der Waals surface area contributed by atoms with Crippen LogP contribution < -0.4 is 0 Å². The number of rotatable bonds is 6. The van der Waals surface area contributed by atoms with Gasteiger partial charge in [0.2, 0.25) is 0 Å². The highest BCUT2D eigenvalue weighted by Crippen LogP contribution is 2.43. The van der Waals surface area contributed by atoms with Gasteiger partial charge >= 0.3 is 0 Å². The van der Waals surface area contributed by atoms with Gasteiger partial charge in [-0.2, -0.15) is 0 Å². The Morgan fingerprint density at radius 2 is 0.965 bits per heavy atom. The Bertz CT molecular complexity index is 3300. The van der Waals surface area contributed by atoms with Crippen molar-refractivity contribution >= 4 is 53.2 Å². The van der Waals surface area contributed by atoms with Crippen molar-refractivity contribution in [3.8, 4) is 67.7 Å². The van der Waals surface area contributed by atoms with E-state index in [9.17, 15) is 0 Å². The van der Waals surface area contributed by atoms with Crippen molar-refractivity contribution in [1.29, 1.82) is 0 Å². The van der Waals surface area contributed by atoms with Gasteiger partial charge in [0.1, 0.15) is 0 Å². The zero-order valence-corrected chi connectivity index (χ0v) is 31.4. The molecule has 57 heavy (non-hydrogen) atoms. The summed E-state index contributed by atoms with van der Waals surface area (Å²) in [5.74, 6) is 1.80.